The molecular formula is C14H25N3. The van der Waals surface area contributed by atoms with Gasteiger partial charge < -0.3 is 5.32 Å². The Bertz CT molecular complexity index is 352. The van der Waals surface area contributed by atoms with Crippen LogP contribution in [0, 0.1) is 12.8 Å². The summed E-state index contributed by atoms with van der Waals surface area (Å²) in [6, 6.07) is 0.508. The molecule has 1 aliphatic rings. The van der Waals surface area contributed by atoms with Crippen LogP contribution >= 0.6 is 0 Å². The highest BCUT2D eigenvalue weighted by molar-refractivity contribution is 5.20. The number of aromatic nitrogens is 2. The first-order valence-electron chi connectivity index (χ1n) is 6.94. The molecule has 0 bridgehead atoms. The van der Waals surface area contributed by atoms with Crippen LogP contribution in [-0.2, 0) is 7.05 Å². The van der Waals surface area contributed by atoms with E-state index in [1.807, 2.05) is 17.9 Å². The quantitative estimate of drug-likeness (QED) is 0.821. The summed E-state index contributed by atoms with van der Waals surface area (Å²) in [5.41, 5.74) is 2.70. The van der Waals surface area contributed by atoms with Crippen LogP contribution in [0.15, 0.2) is 6.20 Å². The van der Waals surface area contributed by atoms with E-state index in [4.69, 9.17) is 0 Å². The Morgan fingerprint density at radius 3 is 2.76 bits per heavy atom. The van der Waals surface area contributed by atoms with Gasteiger partial charge in [0.25, 0.3) is 0 Å². The minimum absolute atomic E-state index is 0.508. The van der Waals surface area contributed by atoms with Crippen molar-refractivity contribution < 1.29 is 0 Å². The molecule has 1 N–H and O–H groups in total. The molecule has 1 aromatic rings. The van der Waals surface area contributed by atoms with Gasteiger partial charge in [0.15, 0.2) is 0 Å². The van der Waals surface area contributed by atoms with E-state index in [0.29, 0.717) is 6.04 Å². The van der Waals surface area contributed by atoms with Crippen molar-refractivity contribution in [3.63, 3.8) is 0 Å². The fourth-order valence-corrected chi connectivity index (χ4v) is 2.56. The van der Waals surface area contributed by atoms with Crippen molar-refractivity contribution in [3.8, 4) is 0 Å². The summed E-state index contributed by atoms with van der Waals surface area (Å²) in [5.74, 6) is 0.934. The standard InChI is InChI=1S/C14H25N3/c1-4-8-15-14(9-12-6-5-7-12)13-10-16-17(3)11(13)2/h10,12,14-15H,4-9H2,1-3H3. The summed E-state index contributed by atoms with van der Waals surface area (Å²) >= 11 is 0. The lowest BCUT2D eigenvalue weighted by molar-refractivity contribution is 0.261. The fraction of sp³-hybridized carbons (Fsp3) is 0.786. The predicted octanol–water partition coefficient (Wildman–Crippen LogP) is 2.96. The zero-order valence-electron chi connectivity index (χ0n) is 11.4. The summed E-state index contributed by atoms with van der Waals surface area (Å²) in [7, 11) is 2.03. The molecule has 2 rings (SSSR count). The second-order valence-corrected chi connectivity index (χ2v) is 5.35. The van der Waals surface area contributed by atoms with Gasteiger partial charge in [0.05, 0.1) is 6.20 Å². The summed E-state index contributed by atoms with van der Waals surface area (Å²) < 4.78 is 1.98. The highest BCUT2D eigenvalue weighted by atomic mass is 15.3. The van der Waals surface area contributed by atoms with Crippen LogP contribution in [0.1, 0.15) is 56.3 Å². The third kappa shape index (κ3) is 2.89. The monoisotopic (exact) mass is 235 g/mol. The average molecular weight is 235 g/mol. The Kier molecular flexibility index (Phi) is 4.21. The molecule has 17 heavy (non-hydrogen) atoms. The molecule has 1 unspecified atom stereocenters. The van der Waals surface area contributed by atoms with E-state index >= 15 is 0 Å². The molecule has 1 aromatic heterocycles. The maximum atomic E-state index is 4.37. The lowest BCUT2D eigenvalue weighted by Gasteiger charge is -2.30. The number of rotatable bonds is 6. The highest BCUT2D eigenvalue weighted by Crippen LogP contribution is 2.35. The average Bonchev–Trinajstić information content (AvgIpc) is 2.58. The van der Waals surface area contributed by atoms with E-state index in [9.17, 15) is 0 Å². The van der Waals surface area contributed by atoms with E-state index in [0.717, 1.165) is 12.5 Å². The van der Waals surface area contributed by atoms with Gasteiger partial charge >= 0.3 is 0 Å². The van der Waals surface area contributed by atoms with Gasteiger partial charge in [-0.1, -0.05) is 26.2 Å². The van der Waals surface area contributed by atoms with Crippen molar-refractivity contribution in [2.45, 2.75) is 52.0 Å². The van der Waals surface area contributed by atoms with Crippen LogP contribution in [0.5, 0.6) is 0 Å². The Balaban J connectivity index is 2.04. The number of nitrogens with one attached hydrogen (secondary N) is 1. The lowest BCUT2D eigenvalue weighted by atomic mass is 9.79. The molecule has 0 spiro atoms. The number of hydrogen-bond donors (Lipinski definition) is 1. The van der Waals surface area contributed by atoms with Gasteiger partial charge in [0.2, 0.25) is 0 Å². The van der Waals surface area contributed by atoms with Gasteiger partial charge in [-0.2, -0.15) is 5.10 Å². The Morgan fingerprint density at radius 1 is 1.53 bits per heavy atom. The van der Waals surface area contributed by atoms with Gasteiger partial charge in [-0.15, -0.1) is 0 Å². The molecule has 0 saturated heterocycles. The van der Waals surface area contributed by atoms with E-state index in [1.165, 1.54) is 43.4 Å². The molecule has 1 heterocycles. The van der Waals surface area contributed by atoms with Crippen LogP contribution in [-0.4, -0.2) is 16.3 Å². The predicted molar refractivity (Wildman–Crippen MR) is 70.9 cm³/mol. The van der Waals surface area contributed by atoms with Crippen LogP contribution in [0.25, 0.3) is 0 Å². The molecule has 3 nitrogen and oxygen atoms in total. The Labute approximate surface area is 105 Å². The summed E-state index contributed by atoms with van der Waals surface area (Å²) in [6.07, 6.45) is 8.79. The van der Waals surface area contributed by atoms with Crippen LogP contribution in [0.2, 0.25) is 0 Å². The van der Waals surface area contributed by atoms with Gasteiger partial charge in [0.1, 0.15) is 0 Å². The second kappa shape index (κ2) is 5.67. The molecule has 0 amide bonds. The fourth-order valence-electron chi connectivity index (χ4n) is 2.56. The molecule has 1 fully saturated rings. The van der Waals surface area contributed by atoms with E-state index < -0.39 is 0 Å². The SMILES string of the molecule is CCCNC(CC1CCC1)c1cnn(C)c1C. The molecule has 0 aromatic carbocycles. The van der Waals surface area contributed by atoms with Gasteiger partial charge in [-0.25, -0.2) is 0 Å². The molecule has 3 heteroatoms. The minimum Gasteiger partial charge on any atom is -0.310 e. The molecule has 0 radical (unpaired) electrons. The van der Waals surface area contributed by atoms with E-state index in [1.54, 1.807) is 0 Å². The van der Waals surface area contributed by atoms with Crippen molar-refractivity contribution >= 4 is 0 Å². The van der Waals surface area contributed by atoms with E-state index in [2.05, 4.69) is 24.3 Å². The first-order chi connectivity index (χ1) is 8.22. The van der Waals surface area contributed by atoms with Gasteiger partial charge in [-0.3, -0.25) is 4.68 Å². The lowest BCUT2D eigenvalue weighted by Crippen LogP contribution is -2.27. The third-order valence-electron chi connectivity index (χ3n) is 4.08. The first kappa shape index (κ1) is 12.6. The minimum atomic E-state index is 0.508. The topological polar surface area (TPSA) is 29.9 Å². The summed E-state index contributed by atoms with van der Waals surface area (Å²) in [6.45, 7) is 5.50. The summed E-state index contributed by atoms with van der Waals surface area (Å²) in [5, 5.41) is 8.06. The Morgan fingerprint density at radius 2 is 2.29 bits per heavy atom. The zero-order chi connectivity index (χ0) is 12.3. The molecular weight excluding hydrogens is 210 g/mol. The van der Waals surface area contributed by atoms with E-state index in [-0.39, 0.29) is 0 Å². The van der Waals surface area contributed by atoms with Crippen LogP contribution < -0.4 is 5.32 Å². The van der Waals surface area contributed by atoms with Crippen molar-refractivity contribution in [2.75, 3.05) is 6.54 Å². The second-order valence-electron chi connectivity index (χ2n) is 5.35. The molecule has 0 aliphatic heterocycles. The first-order valence-corrected chi connectivity index (χ1v) is 6.94. The maximum absolute atomic E-state index is 4.37. The van der Waals surface area contributed by atoms with Gasteiger partial charge in [-0.05, 0) is 32.2 Å². The number of nitrogens with zero attached hydrogens (tertiary/aromatic N) is 2. The van der Waals surface area contributed by atoms with Crippen molar-refractivity contribution in [1.29, 1.82) is 0 Å². The number of hydrogen-bond acceptors (Lipinski definition) is 2. The molecule has 1 aliphatic carbocycles. The zero-order valence-corrected chi connectivity index (χ0v) is 11.4. The highest BCUT2D eigenvalue weighted by Gasteiger charge is 2.24. The van der Waals surface area contributed by atoms with Crippen molar-refractivity contribution in [2.24, 2.45) is 13.0 Å². The van der Waals surface area contributed by atoms with Crippen molar-refractivity contribution in [3.05, 3.63) is 17.5 Å². The van der Waals surface area contributed by atoms with Crippen LogP contribution in [0.4, 0.5) is 0 Å². The molecule has 1 atom stereocenters. The molecule has 96 valence electrons. The normalized spacial score (nSPS) is 18.1. The number of aryl methyl sites for hydroxylation is 1. The largest absolute Gasteiger partial charge is 0.310 e. The van der Waals surface area contributed by atoms with Crippen LogP contribution in [0.3, 0.4) is 0 Å². The maximum Gasteiger partial charge on any atom is 0.0540 e. The smallest absolute Gasteiger partial charge is 0.0540 e. The third-order valence-corrected chi connectivity index (χ3v) is 4.08. The molecule has 1 saturated carbocycles. The van der Waals surface area contributed by atoms with Gasteiger partial charge in [0, 0.05) is 24.3 Å². The van der Waals surface area contributed by atoms with Crippen molar-refractivity contribution in [1.82, 2.24) is 15.1 Å². The Hall–Kier alpha value is -0.830. The summed E-state index contributed by atoms with van der Waals surface area (Å²) in [4.78, 5) is 0.